The lowest BCUT2D eigenvalue weighted by atomic mass is 9.90. The van der Waals surface area contributed by atoms with Gasteiger partial charge in [0.15, 0.2) is 11.6 Å². The number of rotatable bonds is 4. The van der Waals surface area contributed by atoms with Crippen molar-refractivity contribution in [2.24, 2.45) is 0 Å². The van der Waals surface area contributed by atoms with Crippen molar-refractivity contribution in [2.45, 2.75) is 27.7 Å². The Balaban J connectivity index is 1.55. The molecule has 0 unspecified atom stereocenters. The zero-order chi connectivity index (χ0) is 25.2. The minimum absolute atomic E-state index is 0.611. The molecule has 0 fully saturated rings. The molecule has 0 spiro atoms. The minimum Gasteiger partial charge on any atom is -0.219 e. The molecule has 0 amide bonds. The Kier molecular flexibility index (Phi) is 6.01. The normalized spacial score (nSPS) is 10.8. The smallest absolute Gasteiger partial charge is 0.163 e. The van der Waals surface area contributed by atoms with Crippen molar-refractivity contribution in [3.8, 4) is 51.1 Å². The number of hydrogen-bond acceptors (Lipinski definition) is 7. The molecular weight excluding hydrogens is 446 g/mol. The lowest BCUT2D eigenvalue weighted by molar-refractivity contribution is 0.928. The summed E-state index contributed by atoms with van der Waals surface area (Å²) in [5.41, 5.74) is 6.23. The zero-order valence-corrected chi connectivity index (χ0v) is 20.5. The zero-order valence-electron chi connectivity index (χ0n) is 20.5. The molecule has 7 nitrogen and oxygen atoms in total. The molecule has 0 saturated carbocycles. The fourth-order valence-corrected chi connectivity index (χ4v) is 4.27. The van der Waals surface area contributed by atoms with Crippen LogP contribution in [0.1, 0.15) is 28.9 Å². The Morgan fingerprint density at radius 3 is 1.36 bits per heavy atom. The lowest BCUT2D eigenvalue weighted by Crippen LogP contribution is -1.99. The van der Waals surface area contributed by atoms with E-state index in [4.69, 9.17) is 0 Å². The standard InChI is InChI=1S/C29H23N7/c1-17-31-18(2)34-28(33-17)23-12-8-21(9-13-23)26-7-5-6-25(16-30)27(26)22-10-14-24(15-11-22)29-35-19(3)32-20(4)36-29/h5-15H,1-4H3. The third-order valence-corrected chi connectivity index (χ3v) is 5.79. The Hall–Kier alpha value is -4.83. The average molecular weight is 470 g/mol. The van der Waals surface area contributed by atoms with Crippen LogP contribution in [0.2, 0.25) is 0 Å². The first-order chi connectivity index (χ1) is 17.4. The largest absolute Gasteiger partial charge is 0.219 e. The third-order valence-electron chi connectivity index (χ3n) is 5.79. The van der Waals surface area contributed by atoms with Gasteiger partial charge in [-0.3, -0.25) is 0 Å². The third kappa shape index (κ3) is 4.57. The SMILES string of the molecule is Cc1nc(C)nc(-c2ccc(-c3cccc(C#N)c3-c3ccc(-c4nc(C)nc(C)n4)cc3)cc2)n1. The van der Waals surface area contributed by atoms with Crippen molar-refractivity contribution in [1.29, 1.82) is 5.26 Å². The van der Waals surface area contributed by atoms with Gasteiger partial charge in [-0.15, -0.1) is 0 Å². The molecule has 0 bridgehead atoms. The highest BCUT2D eigenvalue weighted by molar-refractivity contribution is 5.88. The van der Waals surface area contributed by atoms with E-state index in [0.29, 0.717) is 40.5 Å². The van der Waals surface area contributed by atoms with Gasteiger partial charge in [0.25, 0.3) is 0 Å². The summed E-state index contributed by atoms with van der Waals surface area (Å²) in [6, 6.07) is 24.2. The minimum atomic E-state index is 0.611. The fourth-order valence-electron chi connectivity index (χ4n) is 4.27. The van der Waals surface area contributed by atoms with Crippen LogP contribution in [0.25, 0.3) is 45.0 Å². The second-order valence-corrected chi connectivity index (χ2v) is 8.50. The molecule has 0 aliphatic carbocycles. The molecule has 3 aromatic carbocycles. The van der Waals surface area contributed by atoms with E-state index in [9.17, 15) is 5.26 Å². The number of nitriles is 1. The number of aryl methyl sites for hydroxylation is 4. The Bertz CT molecular complexity index is 1580. The van der Waals surface area contributed by atoms with E-state index in [0.717, 1.165) is 33.4 Å². The molecule has 2 aromatic heterocycles. The topological polar surface area (TPSA) is 101 Å². The number of hydrogen-bond donors (Lipinski definition) is 0. The quantitative estimate of drug-likeness (QED) is 0.326. The molecule has 5 aromatic rings. The molecular formula is C29H23N7. The van der Waals surface area contributed by atoms with Crippen molar-refractivity contribution >= 4 is 0 Å². The van der Waals surface area contributed by atoms with Gasteiger partial charge in [-0.2, -0.15) is 5.26 Å². The summed E-state index contributed by atoms with van der Waals surface area (Å²) in [7, 11) is 0. The highest BCUT2D eigenvalue weighted by atomic mass is 15.0. The van der Waals surface area contributed by atoms with Crippen LogP contribution < -0.4 is 0 Å². The maximum Gasteiger partial charge on any atom is 0.163 e. The van der Waals surface area contributed by atoms with Gasteiger partial charge in [-0.1, -0.05) is 60.7 Å². The molecule has 36 heavy (non-hydrogen) atoms. The van der Waals surface area contributed by atoms with Gasteiger partial charge in [0.05, 0.1) is 11.6 Å². The first-order valence-corrected chi connectivity index (χ1v) is 11.5. The second kappa shape index (κ2) is 9.43. The fraction of sp³-hybridized carbons (Fsp3) is 0.138. The van der Waals surface area contributed by atoms with Crippen molar-refractivity contribution in [3.63, 3.8) is 0 Å². The summed E-state index contributed by atoms with van der Waals surface area (Å²) in [6.07, 6.45) is 0. The number of benzene rings is 3. The van der Waals surface area contributed by atoms with E-state index >= 15 is 0 Å². The van der Waals surface area contributed by atoms with Crippen LogP contribution in [0.5, 0.6) is 0 Å². The summed E-state index contributed by atoms with van der Waals surface area (Å²) in [5.74, 6) is 4.04. The number of nitrogens with zero attached hydrogens (tertiary/aromatic N) is 7. The maximum absolute atomic E-state index is 9.89. The number of aromatic nitrogens is 6. The van der Waals surface area contributed by atoms with Crippen LogP contribution >= 0.6 is 0 Å². The Morgan fingerprint density at radius 1 is 0.500 bits per heavy atom. The average Bonchev–Trinajstić information content (AvgIpc) is 2.87. The summed E-state index contributed by atoms with van der Waals surface area (Å²) in [5, 5.41) is 9.89. The van der Waals surface area contributed by atoms with E-state index in [1.807, 2.05) is 94.4 Å². The van der Waals surface area contributed by atoms with Crippen LogP contribution in [0, 0.1) is 39.0 Å². The first kappa shape index (κ1) is 22.9. The highest BCUT2D eigenvalue weighted by Gasteiger charge is 2.14. The molecule has 0 N–H and O–H groups in total. The Morgan fingerprint density at radius 2 is 0.917 bits per heavy atom. The van der Waals surface area contributed by atoms with Crippen molar-refractivity contribution in [3.05, 3.63) is 95.6 Å². The van der Waals surface area contributed by atoms with Gasteiger partial charge in [0.2, 0.25) is 0 Å². The summed E-state index contributed by atoms with van der Waals surface area (Å²) in [4.78, 5) is 26.4. The molecule has 0 saturated heterocycles. The van der Waals surface area contributed by atoms with E-state index in [-0.39, 0.29) is 0 Å². The van der Waals surface area contributed by atoms with Crippen molar-refractivity contribution in [1.82, 2.24) is 29.9 Å². The monoisotopic (exact) mass is 469 g/mol. The summed E-state index contributed by atoms with van der Waals surface area (Å²) < 4.78 is 0. The van der Waals surface area contributed by atoms with Gasteiger partial charge in [0.1, 0.15) is 23.3 Å². The van der Waals surface area contributed by atoms with Crippen molar-refractivity contribution < 1.29 is 0 Å². The highest BCUT2D eigenvalue weighted by Crippen LogP contribution is 2.36. The molecule has 174 valence electrons. The molecule has 2 heterocycles. The predicted octanol–water partition coefficient (Wildman–Crippen LogP) is 5.83. The van der Waals surface area contributed by atoms with Gasteiger partial charge in [0, 0.05) is 16.7 Å². The molecule has 7 heteroatoms. The van der Waals surface area contributed by atoms with Gasteiger partial charge < -0.3 is 0 Å². The predicted molar refractivity (Wildman–Crippen MR) is 139 cm³/mol. The van der Waals surface area contributed by atoms with Crippen LogP contribution in [0.4, 0.5) is 0 Å². The van der Waals surface area contributed by atoms with E-state index in [1.54, 1.807) is 0 Å². The van der Waals surface area contributed by atoms with Crippen molar-refractivity contribution in [2.75, 3.05) is 0 Å². The van der Waals surface area contributed by atoms with E-state index < -0.39 is 0 Å². The molecule has 0 aliphatic rings. The van der Waals surface area contributed by atoms with Gasteiger partial charge in [-0.05, 0) is 50.5 Å². The van der Waals surface area contributed by atoms with Gasteiger partial charge >= 0.3 is 0 Å². The van der Waals surface area contributed by atoms with Crippen LogP contribution in [0.15, 0.2) is 66.7 Å². The summed E-state index contributed by atoms with van der Waals surface area (Å²) >= 11 is 0. The van der Waals surface area contributed by atoms with Gasteiger partial charge in [-0.25, -0.2) is 29.9 Å². The van der Waals surface area contributed by atoms with Crippen LogP contribution in [-0.2, 0) is 0 Å². The summed E-state index contributed by atoms with van der Waals surface area (Å²) in [6.45, 7) is 7.44. The second-order valence-electron chi connectivity index (χ2n) is 8.50. The molecule has 0 aliphatic heterocycles. The molecule has 5 rings (SSSR count). The van der Waals surface area contributed by atoms with E-state index in [1.165, 1.54) is 0 Å². The molecule has 0 radical (unpaired) electrons. The molecule has 0 atom stereocenters. The Labute approximate surface area is 209 Å². The lowest BCUT2D eigenvalue weighted by Gasteiger charge is -2.13. The maximum atomic E-state index is 9.89. The van der Waals surface area contributed by atoms with E-state index in [2.05, 4.69) is 36.0 Å². The van der Waals surface area contributed by atoms with Crippen LogP contribution in [0.3, 0.4) is 0 Å². The van der Waals surface area contributed by atoms with Crippen LogP contribution in [-0.4, -0.2) is 29.9 Å². The first-order valence-electron chi connectivity index (χ1n) is 11.5.